The van der Waals surface area contributed by atoms with Crippen molar-refractivity contribution in [2.24, 2.45) is 5.92 Å². The SMILES string of the molecule is COc1cc(-c2nnc(CN3CCC(CCN4CCN(c5cc(F)c(NC6CCC(=O)NC6=O)cc5F)CC4)CC3)o2)ccc1Nc1ncc2c(n1)N(C1CCCC1)CC(F)(F)C(=O)N2C. The molecule has 17 nitrogen and oxygen atoms in total. The molecular formula is C45H54F4N12O5. The number of nitrogens with one attached hydrogen (secondary N) is 3. The predicted octanol–water partition coefficient (Wildman–Crippen LogP) is 5.56. The Kier molecular flexibility index (Phi) is 13.0. The van der Waals surface area contributed by atoms with E-state index in [2.05, 4.69) is 45.9 Å². The first-order valence-electron chi connectivity index (χ1n) is 22.7. The number of aromatic nitrogens is 4. The Labute approximate surface area is 379 Å². The Bertz CT molecular complexity index is 2440. The molecule has 3 amide bonds. The van der Waals surface area contributed by atoms with Crippen molar-refractivity contribution in [3.8, 4) is 17.2 Å². The number of piperazine rings is 1. The van der Waals surface area contributed by atoms with Crippen molar-refractivity contribution in [3.05, 3.63) is 54.1 Å². The summed E-state index contributed by atoms with van der Waals surface area (Å²) in [6.45, 7) is 5.07. The van der Waals surface area contributed by atoms with Crippen molar-refractivity contribution in [2.45, 2.75) is 82.3 Å². The lowest BCUT2D eigenvalue weighted by atomic mass is 9.93. The highest BCUT2D eigenvalue weighted by Crippen LogP contribution is 2.41. The summed E-state index contributed by atoms with van der Waals surface area (Å²) in [6, 6.07) is 6.62. The molecule has 0 radical (unpaired) electrons. The number of likely N-dealkylation sites (tertiary alicyclic amines) is 1. The van der Waals surface area contributed by atoms with Crippen molar-refractivity contribution in [1.29, 1.82) is 0 Å². The molecule has 1 atom stereocenters. The Hall–Kier alpha value is -6.09. The topological polar surface area (TPSA) is 177 Å². The van der Waals surface area contributed by atoms with Gasteiger partial charge >= 0.3 is 5.92 Å². The summed E-state index contributed by atoms with van der Waals surface area (Å²) < 4.78 is 72.2. The molecule has 2 aromatic heterocycles. The van der Waals surface area contributed by atoms with Gasteiger partial charge in [0.1, 0.15) is 29.1 Å². The van der Waals surface area contributed by atoms with Crippen molar-refractivity contribution in [3.63, 3.8) is 0 Å². The lowest BCUT2D eigenvalue weighted by Crippen LogP contribution is -2.48. The first-order chi connectivity index (χ1) is 31.8. The smallest absolute Gasteiger partial charge is 0.342 e. The number of ether oxygens (including phenoxy) is 1. The van der Waals surface area contributed by atoms with Gasteiger partial charge in [-0.2, -0.15) is 13.8 Å². The molecule has 1 aliphatic carbocycles. The fourth-order valence-corrected chi connectivity index (χ4v) is 9.70. The number of hydrogen-bond acceptors (Lipinski definition) is 15. The third-order valence-corrected chi connectivity index (χ3v) is 13.5. The summed E-state index contributed by atoms with van der Waals surface area (Å²) in [5.41, 5.74) is 1.49. The van der Waals surface area contributed by atoms with E-state index in [1.54, 1.807) is 23.1 Å². The predicted molar refractivity (Wildman–Crippen MR) is 237 cm³/mol. The maximum Gasteiger partial charge on any atom is 0.342 e. The van der Waals surface area contributed by atoms with Crippen LogP contribution in [0.1, 0.15) is 63.7 Å². The van der Waals surface area contributed by atoms with E-state index in [1.807, 2.05) is 4.90 Å². The molecule has 0 bridgehead atoms. The minimum absolute atomic E-state index is 0.103. The number of anilines is 6. The van der Waals surface area contributed by atoms with Gasteiger partial charge in [-0.05, 0) is 82.3 Å². The molecular weight excluding hydrogens is 865 g/mol. The van der Waals surface area contributed by atoms with Crippen LogP contribution in [0.15, 0.2) is 40.9 Å². The molecule has 352 valence electrons. The van der Waals surface area contributed by atoms with Crippen LogP contribution in [-0.2, 0) is 20.9 Å². The van der Waals surface area contributed by atoms with E-state index in [0.717, 1.165) is 88.6 Å². The van der Waals surface area contributed by atoms with Gasteiger partial charge in [-0.1, -0.05) is 12.8 Å². The highest BCUT2D eigenvalue weighted by atomic mass is 19.3. The van der Waals surface area contributed by atoms with Gasteiger partial charge in [0.2, 0.25) is 29.5 Å². The first-order valence-corrected chi connectivity index (χ1v) is 22.7. The molecule has 66 heavy (non-hydrogen) atoms. The summed E-state index contributed by atoms with van der Waals surface area (Å²) >= 11 is 0. The van der Waals surface area contributed by atoms with E-state index in [0.29, 0.717) is 54.3 Å². The molecule has 4 aliphatic heterocycles. The van der Waals surface area contributed by atoms with E-state index in [1.165, 1.54) is 26.4 Å². The number of rotatable bonds is 13. The molecule has 5 aliphatic rings. The van der Waals surface area contributed by atoms with Crippen LogP contribution in [0, 0.1) is 17.6 Å². The van der Waals surface area contributed by atoms with Crippen LogP contribution in [0.3, 0.4) is 0 Å². The molecule has 21 heteroatoms. The van der Waals surface area contributed by atoms with E-state index in [4.69, 9.17) is 9.15 Å². The number of nitrogens with zero attached hydrogens (tertiary/aromatic N) is 9. The molecule has 0 spiro atoms. The number of piperidine rings is 2. The van der Waals surface area contributed by atoms with Crippen LogP contribution in [0.25, 0.3) is 11.5 Å². The standard InChI is InChI=1S/C45H54F4N12O5/c1-57-36-24-50-44(54-40(36)61(29-5-3-4-6-29)26-45(48,49)43(57)64)52-32-8-7-28(21-37(32)65-2)42-56-55-39(66-42)25-59-15-12-27(13-16-59)11-14-58-17-19-60(20-18-58)35-23-30(46)34(22-31(35)47)51-33-9-10-38(62)53-41(33)63/h7-8,21-24,27,29,33,51H,3-6,9-20,25-26H2,1-2H3,(H,50,52,54)(H,53,62,63). The van der Waals surface area contributed by atoms with Gasteiger partial charge in [0, 0.05) is 63.4 Å². The highest BCUT2D eigenvalue weighted by molar-refractivity contribution is 6.02. The molecule has 6 heterocycles. The van der Waals surface area contributed by atoms with E-state index in [9.17, 15) is 14.4 Å². The maximum atomic E-state index is 15.2. The zero-order chi connectivity index (χ0) is 46.1. The number of carbonyl (C=O) groups is 3. The lowest BCUT2D eigenvalue weighted by Gasteiger charge is -2.37. The molecule has 3 N–H and O–H groups in total. The van der Waals surface area contributed by atoms with E-state index < -0.39 is 42.0 Å². The Morgan fingerprint density at radius 1 is 0.894 bits per heavy atom. The van der Waals surface area contributed by atoms with Crippen LogP contribution in [0.5, 0.6) is 5.75 Å². The molecule has 4 aromatic rings. The number of imide groups is 1. The van der Waals surface area contributed by atoms with Gasteiger partial charge in [-0.25, -0.2) is 13.8 Å². The Balaban J connectivity index is 0.741. The first kappa shape index (κ1) is 45.1. The molecule has 1 unspecified atom stereocenters. The third-order valence-electron chi connectivity index (χ3n) is 13.5. The largest absolute Gasteiger partial charge is 0.495 e. The van der Waals surface area contributed by atoms with E-state index in [-0.39, 0.29) is 53.6 Å². The van der Waals surface area contributed by atoms with Gasteiger partial charge < -0.3 is 34.5 Å². The van der Waals surface area contributed by atoms with Gasteiger partial charge in [0.05, 0.1) is 43.5 Å². The lowest BCUT2D eigenvalue weighted by molar-refractivity contribution is -0.140. The van der Waals surface area contributed by atoms with Crippen LogP contribution >= 0.6 is 0 Å². The second-order valence-electron chi connectivity index (χ2n) is 17.8. The quantitative estimate of drug-likeness (QED) is 0.112. The van der Waals surface area contributed by atoms with Crippen molar-refractivity contribution in [2.75, 3.05) is 91.8 Å². The average molecular weight is 919 g/mol. The Morgan fingerprint density at radius 3 is 2.41 bits per heavy atom. The van der Waals surface area contributed by atoms with Gasteiger partial charge in [-0.3, -0.25) is 29.5 Å². The summed E-state index contributed by atoms with van der Waals surface area (Å²) in [6.07, 6.45) is 8.17. The zero-order valence-electron chi connectivity index (χ0n) is 37.0. The maximum absolute atomic E-state index is 15.2. The number of fused-ring (bicyclic) bond motifs is 1. The number of carbonyl (C=O) groups excluding carboxylic acids is 3. The van der Waals surface area contributed by atoms with Crippen LogP contribution in [-0.4, -0.2) is 132 Å². The highest BCUT2D eigenvalue weighted by Gasteiger charge is 2.49. The van der Waals surface area contributed by atoms with Gasteiger partial charge in [0.25, 0.3) is 5.91 Å². The Morgan fingerprint density at radius 2 is 1.67 bits per heavy atom. The summed E-state index contributed by atoms with van der Waals surface area (Å²) in [4.78, 5) is 54.3. The normalized spacial score (nSPS) is 21.2. The zero-order valence-corrected chi connectivity index (χ0v) is 37.0. The van der Waals surface area contributed by atoms with Crippen LogP contribution < -0.4 is 35.4 Å². The summed E-state index contributed by atoms with van der Waals surface area (Å²) in [7, 11) is 2.84. The molecule has 9 rings (SSSR count). The second-order valence-corrected chi connectivity index (χ2v) is 17.8. The van der Waals surface area contributed by atoms with Crippen molar-refractivity contribution >= 4 is 52.2 Å². The fourth-order valence-electron chi connectivity index (χ4n) is 9.70. The van der Waals surface area contributed by atoms with Gasteiger partial charge in [0.15, 0.2) is 5.82 Å². The minimum atomic E-state index is -3.57. The monoisotopic (exact) mass is 918 g/mol. The van der Waals surface area contributed by atoms with Gasteiger partial charge in [-0.15, -0.1) is 10.2 Å². The molecule has 2 aromatic carbocycles. The average Bonchev–Trinajstić information content (AvgIpc) is 4.02. The molecule has 4 fully saturated rings. The summed E-state index contributed by atoms with van der Waals surface area (Å²) in [5.74, 6) is -4.73. The minimum Gasteiger partial charge on any atom is -0.495 e. The number of halogens is 4. The number of amides is 3. The molecule has 1 saturated carbocycles. The van der Waals surface area contributed by atoms with Crippen LogP contribution in [0.2, 0.25) is 0 Å². The molecule has 3 saturated heterocycles. The fraction of sp³-hybridized carbons (Fsp3) is 0.533. The third kappa shape index (κ3) is 9.72. The number of alkyl halides is 2. The van der Waals surface area contributed by atoms with Crippen LogP contribution in [0.4, 0.5) is 52.1 Å². The number of methoxy groups -OCH3 is 1. The van der Waals surface area contributed by atoms with Crippen molar-refractivity contribution in [1.82, 2.24) is 35.3 Å². The number of benzene rings is 2. The van der Waals surface area contributed by atoms with Crippen molar-refractivity contribution < 1.29 is 41.1 Å². The second kappa shape index (κ2) is 19.0. The van der Waals surface area contributed by atoms with E-state index >= 15 is 17.6 Å². The summed E-state index contributed by atoms with van der Waals surface area (Å²) in [5, 5.41) is 16.8. The number of hydrogen-bond donors (Lipinski definition) is 3.